The van der Waals surface area contributed by atoms with E-state index in [1.807, 2.05) is 54.6 Å². The third-order valence-corrected chi connectivity index (χ3v) is 4.73. The lowest BCUT2D eigenvalue weighted by Gasteiger charge is -2.32. The van der Waals surface area contributed by atoms with Crippen molar-refractivity contribution in [2.45, 2.75) is 12.5 Å². The molecule has 1 aliphatic rings. The van der Waals surface area contributed by atoms with E-state index in [1.165, 1.54) is 4.90 Å². The summed E-state index contributed by atoms with van der Waals surface area (Å²) >= 11 is 3.45. The average molecular weight is 385 g/mol. The predicted octanol–water partition coefficient (Wildman–Crippen LogP) is 2.99. The number of piperazine rings is 1. The van der Waals surface area contributed by atoms with E-state index in [0.29, 0.717) is 12.1 Å². The summed E-state index contributed by atoms with van der Waals surface area (Å²) in [5.41, 5.74) is 2.21. The molecule has 1 N–H and O–H groups in total. The molecule has 1 unspecified atom stereocenters. The van der Waals surface area contributed by atoms with E-state index in [4.69, 9.17) is 0 Å². The first-order valence-electron chi connectivity index (χ1n) is 7.65. The van der Waals surface area contributed by atoms with Crippen LogP contribution in [-0.2, 0) is 16.0 Å². The van der Waals surface area contributed by atoms with Crippen LogP contribution in [0.3, 0.4) is 0 Å². The third-order valence-electron chi connectivity index (χ3n) is 4.01. The number of likely N-dealkylation sites (N-methyl/N-ethyl adjacent to an activating group) is 1. The van der Waals surface area contributed by atoms with Crippen LogP contribution in [0.25, 0.3) is 6.08 Å². The van der Waals surface area contributed by atoms with Gasteiger partial charge in [-0.2, -0.15) is 0 Å². The maximum Gasteiger partial charge on any atom is 0.268 e. The minimum absolute atomic E-state index is 0.114. The van der Waals surface area contributed by atoms with Crippen molar-refractivity contribution in [1.82, 2.24) is 10.2 Å². The topological polar surface area (TPSA) is 49.4 Å². The normalized spacial score (nSPS) is 19.5. The molecule has 0 bridgehead atoms. The van der Waals surface area contributed by atoms with E-state index >= 15 is 0 Å². The van der Waals surface area contributed by atoms with Gasteiger partial charge in [0, 0.05) is 17.9 Å². The molecule has 2 aromatic rings. The van der Waals surface area contributed by atoms with Crippen LogP contribution in [-0.4, -0.2) is 29.8 Å². The fourth-order valence-corrected chi connectivity index (χ4v) is 3.09. The Balaban J connectivity index is 1.84. The Morgan fingerprint density at radius 1 is 1.08 bits per heavy atom. The lowest BCUT2D eigenvalue weighted by Crippen LogP contribution is -2.56. The highest BCUT2D eigenvalue weighted by Gasteiger charge is 2.34. The van der Waals surface area contributed by atoms with Crippen molar-refractivity contribution < 1.29 is 9.59 Å². The number of hydrogen-bond acceptors (Lipinski definition) is 2. The van der Waals surface area contributed by atoms with E-state index in [1.54, 1.807) is 13.1 Å². The van der Waals surface area contributed by atoms with Crippen molar-refractivity contribution >= 4 is 33.8 Å². The summed E-state index contributed by atoms with van der Waals surface area (Å²) in [6.07, 6.45) is 2.20. The monoisotopic (exact) mass is 384 g/mol. The first-order valence-corrected chi connectivity index (χ1v) is 8.44. The largest absolute Gasteiger partial charge is 0.339 e. The summed E-state index contributed by atoms with van der Waals surface area (Å²) in [6.45, 7) is 0. The van der Waals surface area contributed by atoms with Crippen molar-refractivity contribution in [2.75, 3.05) is 7.05 Å². The molecule has 5 heteroatoms. The Labute approximate surface area is 149 Å². The van der Waals surface area contributed by atoms with Gasteiger partial charge in [0.15, 0.2) is 0 Å². The summed E-state index contributed by atoms with van der Waals surface area (Å²) in [7, 11) is 1.64. The number of rotatable bonds is 3. The fraction of sp³-hybridized carbons (Fsp3) is 0.158. The van der Waals surface area contributed by atoms with Gasteiger partial charge in [-0.1, -0.05) is 64.5 Å². The van der Waals surface area contributed by atoms with Gasteiger partial charge in [0.05, 0.1) is 0 Å². The number of amides is 2. The van der Waals surface area contributed by atoms with Crippen LogP contribution in [0.1, 0.15) is 11.1 Å². The second-order valence-electron chi connectivity index (χ2n) is 5.66. The molecule has 0 aromatic heterocycles. The Morgan fingerprint density at radius 3 is 2.46 bits per heavy atom. The zero-order valence-electron chi connectivity index (χ0n) is 13.2. The predicted molar refractivity (Wildman–Crippen MR) is 97.0 cm³/mol. The van der Waals surface area contributed by atoms with Crippen molar-refractivity contribution in [3.63, 3.8) is 0 Å². The highest BCUT2D eigenvalue weighted by atomic mass is 79.9. The molecule has 1 saturated heterocycles. The van der Waals surface area contributed by atoms with Gasteiger partial charge in [0.2, 0.25) is 5.91 Å². The summed E-state index contributed by atoms with van der Waals surface area (Å²) in [5.74, 6) is -0.356. The summed E-state index contributed by atoms with van der Waals surface area (Å²) in [5, 5.41) is 2.82. The Bertz CT molecular complexity index is 802. The number of carbonyl (C=O) groups excluding carboxylic acids is 2. The zero-order valence-corrected chi connectivity index (χ0v) is 14.8. The Morgan fingerprint density at radius 2 is 1.75 bits per heavy atom. The van der Waals surface area contributed by atoms with Crippen molar-refractivity contribution in [1.29, 1.82) is 0 Å². The van der Waals surface area contributed by atoms with Crippen LogP contribution in [0.5, 0.6) is 0 Å². The molecular weight excluding hydrogens is 368 g/mol. The molecule has 4 nitrogen and oxygen atoms in total. The number of nitrogens with zero attached hydrogens (tertiary/aromatic N) is 1. The molecule has 1 heterocycles. The second-order valence-corrected chi connectivity index (χ2v) is 6.52. The maximum absolute atomic E-state index is 12.6. The fourth-order valence-electron chi connectivity index (χ4n) is 2.69. The smallest absolute Gasteiger partial charge is 0.268 e. The van der Waals surface area contributed by atoms with Gasteiger partial charge in [-0.3, -0.25) is 9.59 Å². The van der Waals surface area contributed by atoms with Gasteiger partial charge in [-0.15, -0.1) is 0 Å². The molecule has 0 radical (unpaired) electrons. The molecule has 1 aliphatic heterocycles. The average Bonchev–Trinajstić information content (AvgIpc) is 2.59. The minimum Gasteiger partial charge on any atom is -0.339 e. The van der Waals surface area contributed by atoms with Gasteiger partial charge in [0.25, 0.3) is 5.91 Å². The van der Waals surface area contributed by atoms with Crippen LogP contribution in [0.15, 0.2) is 64.8 Å². The molecular formula is C19H17BrN2O2. The molecule has 3 rings (SSSR count). The highest BCUT2D eigenvalue weighted by Crippen LogP contribution is 2.22. The van der Waals surface area contributed by atoms with Crippen molar-refractivity contribution in [2.24, 2.45) is 0 Å². The van der Waals surface area contributed by atoms with E-state index < -0.39 is 6.04 Å². The molecule has 2 amide bonds. The number of benzene rings is 2. The SMILES string of the molecule is CN1C(=O)C(Cc2ccccc2)NC(=O)/C1=C/c1ccccc1Br. The van der Waals surface area contributed by atoms with Crippen molar-refractivity contribution in [3.8, 4) is 0 Å². The standard InChI is InChI=1S/C19H17BrN2O2/c1-22-17(12-14-9-5-6-10-15(14)20)18(23)21-16(19(22)24)11-13-7-3-2-4-8-13/h2-10,12,16H,11H2,1H3,(H,21,23)/b17-12-. The number of halogens is 1. The first-order chi connectivity index (χ1) is 11.6. The Kier molecular flexibility index (Phi) is 4.81. The quantitative estimate of drug-likeness (QED) is 0.826. The summed E-state index contributed by atoms with van der Waals surface area (Å²) in [4.78, 5) is 26.5. The van der Waals surface area contributed by atoms with Crippen molar-refractivity contribution in [3.05, 3.63) is 75.9 Å². The molecule has 24 heavy (non-hydrogen) atoms. The number of nitrogens with one attached hydrogen (secondary N) is 1. The van der Waals surface area contributed by atoms with E-state index in [0.717, 1.165) is 15.6 Å². The van der Waals surface area contributed by atoms with Crippen LogP contribution in [0.4, 0.5) is 0 Å². The molecule has 0 spiro atoms. The minimum atomic E-state index is -0.540. The van der Waals surface area contributed by atoms with E-state index in [-0.39, 0.29) is 11.8 Å². The maximum atomic E-state index is 12.6. The van der Waals surface area contributed by atoms with E-state index in [2.05, 4.69) is 21.2 Å². The second kappa shape index (κ2) is 7.01. The molecule has 0 saturated carbocycles. The third kappa shape index (κ3) is 3.41. The number of carbonyl (C=O) groups is 2. The zero-order chi connectivity index (χ0) is 17.1. The van der Waals surface area contributed by atoms with Gasteiger partial charge < -0.3 is 10.2 Å². The molecule has 2 aromatic carbocycles. The molecule has 1 fully saturated rings. The summed E-state index contributed by atoms with van der Waals surface area (Å²) in [6, 6.07) is 16.7. The highest BCUT2D eigenvalue weighted by molar-refractivity contribution is 9.10. The first kappa shape index (κ1) is 16.5. The van der Waals surface area contributed by atoms with Crippen LogP contribution < -0.4 is 5.32 Å². The van der Waals surface area contributed by atoms with Crippen LogP contribution in [0.2, 0.25) is 0 Å². The Hall–Kier alpha value is -2.40. The summed E-state index contributed by atoms with van der Waals surface area (Å²) < 4.78 is 0.873. The van der Waals surface area contributed by atoms with Crippen LogP contribution in [0, 0.1) is 0 Å². The molecule has 0 aliphatic carbocycles. The van der Waals surface area contributed by atoms with Gasteiger partial charge in [-0.25, -0.2) is 0 Å². The van der Waals surface area contributed by atoms with E-state index in [9.17, 15) is 9.59 Å². The van der Waals surface area contributed by atoms with Gasteiger partial charge >= 0.3 is 0 Å². The number of hydrogen-bond donors (Lipinski definition) is 1. The van der Waals surface area contributed by atoms with Gasteiger partial charge in [-0.05, 0) is 23.3 Å². The van der Waals surface area contributed by atoms with Crippen LogP contribution >= 0.6 is 15.9 Å². The van der Waals surface area contributed by atoms with Gasteiger partial charge in [0.1, 0.15) is 11.7 Å². The lowest BCUT2D eigenvalue weighted by molar-refractivity contribution is -0.138. The molecule has 1 atom stereocenters. The molecule has 122 valence electrons. The lowest BCUT2D eigenvalue weighted by atomic mass is 10.0.